The van der Waals surface area contributed by atoms with Crippen LogP contribution in [0.1, 0.15) is 37.0 Å². The summed E-state index contributed by atoms with van der Waals surface area (Å²) in [6.45, 7) is 6.06. The minimum absolute atomic E-state index is 0.0550. The lowest BCUT2D eigenvalue weighted by Crippen LogP contribution is -2.45. The summed E-state index contributed by atoms with van der Waals surface area (Å²) < 4.78 is 5.55. The number of para-hydroxylation sites is 1. The van der Waals surface area contributed by atoms with Crippen molar-refractivity contribution in [1.82, 2.24) is 4.90 Å². The summed E-state index contributed by atoms with van der Waals surface area (Å²) in [7, 11) is 0. The van der Waals surface area contributed by atoms with Crippen molar-refractivity contribution in [3.8, 4) is 5.75 Å². The number of nitrogens with zero attached hydrogens (tertiary/aromatic N) is 1. The zero-order valence-electron chi connectivity index (χ0n) is 12.3. The smallest absolute Gasteiger partial charge is 0.257 e. The summed E-state index contributed by atoms with van der Waals surface area (Å²) in [4.78, 5) is 14.6. The molecule has 20 heavy (non-hydrogen) atoms. The molecule has 1 aromatic carbocycles. The molecule has 0 saturated carbocycles. The van der Waals surface area contributed by atoms with Crippen LogP contribution in [0.5, 0.6) is 5.75 Å². The zero-order valence-corrected chi connectivity index (χ0v) is 12.3. The number of carbonyl (C=O) groups excluding carboxylic acids is 1. The molecule has 1 amide bonds. The third-order valence-electron chi connectivity index (χ3n) is 3.91. The topological polar surface area (TPSA) is 55.6 Å². The number of rotatable bonds is 4. The molecule has 1 aromatic rings. The van der Waals surface area contributed by atoms with Gasteiger partial charge in [-0.1, -0.05) is 12.1 Å². The maximum atomic E-state index is 12.7. The van der Waals surface area contributed by atoms with Crippen LogP contribution >= 0.6 is 0 Å². The van der Waals surface area contributed by atoms with Crippen molar-refractivity contribution in [1.29, 1.82) is 0 Å². The van der Waals surface area contributed by atoms with Gasteiger partial charge in [0.15, 0.2) is 0 Å². The van der Waals surface area contributed by atoms with Crippen LogP contribution in [0.2, 0.25) is 0 Å². The lowest BCUT2D eigenvalue weighted by molar-refractivity contribution is 0.0657. The van der Waals surface area contributed by atoms with Crippen molar-refractivity contribution in [3.05, 3.63) is 29.8 Å². The predicted octanol–water partition coefficient (Wildman–Crippen LogP) is 2.28. The first kappa shape index (κ1) is 14.9. The van der Waals surface area contributed by atoms with Gasteiger partial charge in [0.1, 0.15) is 5.75 Å². The van der Waals surface area contributed by atoms with Crippen molar-refractivity contribution >= 4 is 5.91 Å². The van der Waals surface area contributed by atoms with E-state index in [1.54, 1.807) is 0 Å². The standard InChI is InChI=1S/C16H24N2O2/c1-3-20-15-9-5-4-8-14(15)16(19)18-10-6-7-13(11-18)12(2)17/h4-5,8-9,12-13H,3,6-7,10-11,17H2,1-2H3. The monoisotopic (exact) mass is 276 g/mol. The lowest BCUT2D eigenvalue weighted by atomic mass is 9.92. The summed E-state index contributed by atoms with van der Waals surface area (Å²) >= 11 is 0. The van der Waals surface area contributed by atoms with E-state index in [4.69, 9.17) is 10.5 Å². The number of piperidine rings is 1. The Kier molecular flexibility index (Phi) is 5.01. The average molecular weight is 276 g/mol. The van der Waals surface area contributed by atoms with Crippen molar-refractivity contribution in [2.45, 2.75) is 32.7 Å². The number of likely N-dealkylation sites (tertiary alicyclic amines) is 1. The lowest BCUT2D eigenvalue weighted by Gasteiger charge is -2.34. The van der Waals surface area contributed by atoms with Crippen LogP contribution in [0.25, 0.3) is 0 Å². The van der Waals surface area contributed by atoms with E-state index in [1.807, 2.05) is 43.0 Å². The number of ether oxygens (including phenoxy) is 1. The van der Waals surface area contributed by atoms with Gasteiger partial charge in [-0.2, -0.15) is 0 Å². The Morgan fingerprint density at radius 3 is 2.95 bits per heavy atom. The van der Waals surface area contributed by atoms with Gasteiger partial charge in [-0.25, -0.2) is 0 Å². The molecule has 1 saturated heterocycles. The fourth-order valence-electron chi connectivity index (χ4n) is 2.72. The summed E-state index contributed by atoms with van der Waals surface area (Å²) in [6, 6.07) is 7.59. The van der Waals surface area contributed by atoms with Crippen molar-refractivity contribution in [3.63, 3.8) is 0 Å². The largest absolute Gasteiger partial charge is 0.493 e. The van der Waals surface area contributed by atoms with E-state index < -0.39 is 0 Å². The summed E-state index contributed by atoms with van der Waals surface area (Å²) in [5.41, 5.74) is 6.64. The van der Waals surface area contributed by atoms with E-state index in [0.717, 1.165) is 25.9 Å². The normalized spacial score (nSPS) is 20.6. The molecular weight excluding hydrogens is 252 g/mol. The van der Waals surface area contributed by atoms with Crippen LogP contribution in [0.15, 0.2) is 24.3 Å². The molecule has 4 heteroatoms. The first-order chi connectivity index (χ1) is 9.63. The van der Waals surface area contributed by atoms with Crippen LogP contribution in [-0.2, 0) is 0 Å². The van der Waals surface area contributed by atoms with E-state index in [-0.39, 0.29) is 11.9 Å². The molecule has 1 aliphatic heterocycles. The molecule has 1 aliphatic rings. The summed E-state index contributed by atoms with van der Waals surface area (Å²) in [5.74, 6) is 1.12. The highest BCUT2D eigenvalue weighted by Gasteiger charge is 2.27. The van der Waals surface area contributed by atoms with Crippen LogP contribution in [-0.4, -0.2) is 36.5 Å². The first-order valence-corrected chi connectivity index (χ1v) is 7.40. The molecule has 0 radical (unpaired) electrons. The minimum Gasteiger partial charge on any atom is -0.493 e. The number of carbonyl (C=O) groups is 1. The van der Waals surface area contributed by atoms with E-state index in [9.17, 15) is 4.79 Å². The molecule has 0 spiro atoms. The van der Waals surface area contributed by atoms with E-state index in [0.29, 0.717) is 23.8 Å². The maximum absolute atomic E-state index is 12.7. The van der Waals surface area contributed by atoms with Crippen LogP contribution in [0.4, 0.5) is 0 Å². The van der Waals surface area contributed by atoms with Crippen LogP contribution < -0.4 is 10.5 Å². The van der Waals surface area contributed by atoms with Crippen molar-refractivity contribution < 1.29 is 9.53 Å². The Hall–Kier alpha value is -1.55. The van der Waals surface area contributed by atoms with Gasteiger partial charge in [0.05, 0.1) is 12.2 Å². The minimum atomic E-state index is 0.0550. The Bertz CT molecular complexity index is 460. The second-order valence-electron chi connectivity index (χ2n) is 5.44. The third kappa shape index (κ3) is 3.31. The zero-order chi connectivity index (χ0) is 14.5. The fourth-order valence-corrected chi connectivity index (χ4v) is 2.72. The molecule has 2 atom stereocenters. The molecule has 2 rings (SSSR count). The van der Waals surface area contributed by atoms with Gasteiger partial charge < -0.3 is 15.4 Å². The Morgan fingerprint density at radius 1 is 1.50 bits per heavy atom. The quantitative estimate of drug-likeness (QED) is 0.918. The van der Waals surface area contributed by atoms with E-state index >= 15 is 0 Å². The SMILES string of the molecule is CCOc1ccccc1C(=O)N1CCCC(C(C)N)C1. The molecule has 1 fully saturated rings. The highest BCUT2D eigenvalue weighted by molar-refractivity contribution is 5.97. The second kappa shape index (κ2) is 6.75. The van der Waals surface area contributed by atoms with E-state index in [1.165, 1.54) is 0 Å². The highest BCUT2D eigenvalue weighted by atomic mass is 16.5. The molecular formula is C16H24N2O2. The molecule has 0 aromatic heterocycles. The van der Waals surface area contributed by atoms with Crippen LogP contribution in [0, 0.1) is 5.92 Å². The predicted molar refractivity (Wildman–Crippen MR) is 79.9 cm³/mol. The van der Waals surface area contributed by atoms with Crippen molar-refractivity contribution in [2.24, 2.45) is 11.7 Å². The second-order valence-corrected chi connectivity index (χ2v) is 5.44. The fraction of sp³-hybridized carbons (Fsp3) is 0.562. The van der Waals surface area contributed by atoms with Crippen molar-refractivity contribution in [2.75, 3.05) is 19.7 Å². The van der Waals surface area contributed by atoms with Gasteiger partial charge in [0, 0.05) is 19.1 Å². The Balaban J connectivity index is 2.14. The molecule has 2 N–H and O–H groups in total. The third-order valence-corrected chi connectivity index (χ3v) is 3.91. The van der Waals surface area contributed by atoms with E-state index in [2.05, 4.69) is 0 Å². The Labute approximate surface area is 120 Å². The summed E-state index contributed by atoms with van der Waals surface area (Å²) in [6.07, 6.45) is 2.13. The van der Waals surface area contributed by atoms with Crippen LogP contribution in [0.3, 0.4) is 0 Å². The molecule has 110 valence electrons. The van der Waals surface area contributed by atoms with Gasteiger partial charge in [0.2, 0.25) is 0 Å². The van der Waals surface area contributed by atoms with Gasteiger partial charge in [0.25, 0.3) is 5.91 Å². The molecule has 1 heterocycles. The maximum Gasteiger partial charge on any atom is 0.257 e. The number of nitrogens with two attached hydrogens (primary N) is 1. The molecule has 0 bridgehead atoms. The molecule has 4 nitrogen and oxygen atoms in total. The average Bonchev–Trinajstić information content (AvgIpc) is 2.47. The molecule has 2 unspecified atom stereocenters. The number of hydrogen-bond donors (Lipinski definition) is 1. The Morgan fingerprint density at radius 2 is 2.25 bits per heavy atom. The van der Waals surface area contributed by atoms with Gasteiger partial charge in [-0.05, 0) is 44.7 Å². The summed E-state index contributed by atoms with van der Waals surface area (Å²) in [5, 5.41) is 0. The van der Waals surface area contributed by atoms with Gasteiger partial charge >= 0.3 is 0 Å². The highest BCUT2D eigenvalue weighted by Crippen LogP contribution is 2.24. The molecule has 0 aliphatic carbocycles. The first-order valence-electron chi connectivity index (χ1n) is 7.40. The number of amides is 1. The number of benzene rings is 1. The van der Waals surface area contributed by atoms with Gasteiger partial charge in [-0.3, -0.25) is 4.79 Å². The van der Waals surface area contributed by atoms with Gasteiger partial charge in [-0.15, -0.1) is 0 Å². The number of hydrogen-bond acceptors (Lipinski definition) is 3.